The van der Waals surface area contributed by atoms with E-state index < -0.39 is 0 Å². The van der Waals surface area contributed by atoms with E-state index >= 15 is 0 Å². The van der Waals surface area contributed by atoms with Crippen LogP contribution in [-0.2, 0) is 13.6 Å². The molecule has 0 amide bonds. The second-order valence-electron chi connectivity index (χ2n) is 6.70. The number of para-hydroxylation sites is 1. The summed E-state index contributed by atoms with van der Waals surface area (Å²) in [6, 6.07) is 5.89. The molecule has 1 atom stereocenters. The van der Waals surface area contributed by atoms with Gasteiger partial charge in [-0.3, -0.25) is 4.68 Å². The number of ether oxygens (including phenoxy) is 2. The number of benzene rings is 1. The third kappa shape index (κ3) is 5.09. The number of nitrogens with zero attached hydrogens (tertiary/aromatic N) is 4. The largest absolute Gasteiger partial charge is 0.493 e. The van der Waals surface area contributed by atoms with Crippen LogP contribution in [0.15, 0.2) is 35.6 Å². The van der Waals surface area contributed by atoms with Crippen molar-refractivity contribution < 1.29 is 9.47 Å². The fourth-order valence-electron chi connectivity index (χ4n) is 3.54. The first-order valence-corrected chi connectivity index (χ1v) is 9.38. The molecule has 0 radical (unpaired) electrons. The summed E-state index contributed by atoms with van der Waals surface area (Å²) in [6.07, 6.45) is 5.19. The fourth-order valence-corrected chi connectivity index (χ4v) is 3.54. The van der Waals surface area contributed by atoms with Gasteiger partial charge in [-0.25, -0.2) is 4.99 Å². The van der Waals surface area contributed by atoms with Gasteiger partial charge < -0.3 is 19.7 Å². The molecular weight excluding hydrogens is 469 g/mol. The lowest BCUT2D eigenvalue weighted by atomic mass is 10.0. The molecule has 1 aliphatic rings. The Morgan fingerprint density at radius 2 is 2.14 bits per heavy atom. The summed E-state index contributed by atoms with van der Waals surface area (Å²) in [6.45, 7) is 5.41. The molecule has 154 valence electrons. The highest BCUT2D eigenvalue weighted by Crippen LogP contribution is 2.31. The zero-order valence-electron chi connectivity index (χ0n) is 17.0. The molecule has 3 rings (SSSR count). The van der Waals surface area contributed by atoms with E-state index in [0.29, 0.717) is 12.5 Å². The van der Waals surface area contributed by atoms with Crippen molar-refractivity contribution in [2.75, 3.05) is 33.9 Å². The van der Waals surface area contributed by atoms with E-state index in [1.165, 1.54) is 5.56 Å². The van der Waals surface area contributed by atoms with Gasteiger partial charge in [0.05, 0.1) is 27.0 Å². The molecule has 0 bridgehead atoms. The van der Waals surface area contributed by atoms with Gasteiger partial charge in [-0.1, -0.05) is 12.1 Å². The molecule has 0 spiro atoms. The Morgan fingerprint density at radius 3 is 2.79 bits per heavy atom. The Balaban J connectivity index is 0.00000280. The lowest BCUT2D eigenvalue weighted by Gasteiger charge is -2.22. The van der Waals surface area contributed by atoms with Gasteiger partial charge in [-0.15, -0.1) is 24.0 Å². The number of methoxy groups -OCH3 is 2. The molecule has 1 fully saturated rings. The summed E-state index contributed by atoms with van der Waals surface area (Å²) in [5, 5.41) is 7.73. The van der Waals surface area contributed by atoms with Gasteiger partial charge in [0.1, 0.15) is 0 Å². The van der Waals surface area contributed by atoms with E-state index in [9.17, 15) is 0 Å². The fraction of sp³-hybridized carbons (Fsp3) is 0.500. The highest BCUT2D eigenvalue weighted by Gasteiger charge is 2.27. The number of aromatic nitrogens is 2. The second kappa shape index (κ2) is 10.5. The topological polar surface area (TPSA) is 63.9 Å². The lowest BCUT2D eigenvalue weighted by molar-refractivity contribution is 0.351. The van der Waals surface area contributed by atoms with Crippen molar-refractivity contribution in [3.05, 3.63) is 41.7 Å². The molecule has 0 aliphatic carbocycles. The van der Waals surface area contributed by atoms with Crippen LogP contribution >= 0.6 is 24.0 Å². The average molecular weight is 499 g/mol. The minimum atomic E-state index is 0. The zero-order chi connectivity index (χ0) is 19.2. The molecule has 0 saturated carbocycles. The number of hydrogen-bond donors (Lipinski definition) is 1. The standard InChI is InChI=1S/C20H29N5O2.HI/c1-5-21-20(22-11-15-7-6-8-18(26-3)19(15)27-4)25-10-9-16(14-25)17-12-23-24(2)13-17;/h6-8,12-13,16H,5,9-11,14H2,1-4H3,(H,21,22);1H. The van der Waals surface area contributed by atoms with Gasteiger partial charge in [0.2, 0.25) is 0 Å². The van der Waals surface area contributed by atoms with E-state index in [0.717, 1.165) is 49.1 Å². The van der Waals surface area contributed by atoms with Crippen LogP contribution in [0.4, 0.5) is 0 Å². The number of guanidine groups is 1. The maximum Gasteiger partial charge on any atom is 0.194 e. The monoisotopic (exact) mass is 499 g/mol. The number of aliphatic imine (C=N–C) groups is 1. The highest BCUT2D eigenvalue weighted by molar-refractivity contribution is 14.0. The molecule has 7 nitrogen and oxygen atoms in total. The first kappa shape index (κ1) is 22.3. The summed E-state index contributed by atoms with van der Waals surface area (Å²) in [5.74, 6) is 2.91. The van der Waals surface area contributed by atoms with Gasteiger partial charge in [0.25, 0.3) is 0 Å². The Labute approximate surface area is 184 Å². The maximum atomic E-state index is 5.52. The zero-order valence-corrected chi connectivity index (χ0v) is 19.3. The summed E-state index contributed by atoms with van der Waals surface area (Å²) in [7, 11) is 5.27. The van der Waals surface area contributed by atoms with Crippen LogP contribution in [0.2, 0.25) is 0 Å². The molecule has 1 aliphatic heterocycles. The normalized spacial score (nSPS) is 16.6. The third-order valence-corrected chi connectivity index (χ3v) is 4.90. The number of rotatable bonds is 6. The molecule has 1 aromatic carbocycles. The molecule has 1 saturated heterocycles. The van der Waals surface area contributed by atoms with Crippen LogP contribution in [0.3, 0.4) is 0 Å². The number of nitrogens with one attached hydrogen (secondary N) is 1. The van der Waals surface area contributed by atoms with Crippen LogP contribution in [0, 0.1) is 0 Å². The van der Waals surface area contributed by atoms with E-state index in [1.54, 1.807) is 14.2 Å². The van der Waals surface area contributed by atoms with Crippen molar-refractivity contribution in [3.8, 4) is 11.5 Å². The Kier molecular flexibility index (Phi) is 8.40. The van der Waals surface area contributed by atoms with E-state index in [1.807, 2.05) is 36.1 Å². The predicted molar refractivity (Wildman–Crippen MR) is 122 cm³/mol. The second-order valence-corrected chi connectivity index (χ2v) is 6.70. The number of likely N-dealkylation sites (tertiary alicyclic amines) is 1. The Bertz CT molecular complexity index is 793. The maximum absolute atomic E-state index is 5.52. The third-order valence-electron chi connectivity index (χ3n) is 4.90. The first-order valence-electron chi connectivity index (χ1n) is 9.38. The van der Waals surface area contributed by atoms with E-state index in [2.05, 4.69) is 28.4 Å². The van der Waals surface area contributed by atoms with Crippen LogP contribution in [0.1, 0.15) is 30.4 Å². The smallest absolute Gasteiger partial charge is 0.194 e. The Hall–Kier alpha value is -1.97. The highest BCUT2D eigenvalue weighted by atomic mass is 127. The van der Waals surface area contributed by atoms with Crippen LogP contribution < -0.4 is 14.8 Å². The van der Waals surface area contributed by atoms with Crippen LogP contribution in [0.5, 0.6) is 11.5 Å². The average Bonchev–Trinajstić information content (AvgIpc) is 3.33. The molecule has 1 N–H and O–H groups in total. The predicted octanol–water partition coefficient (Wildman–Crippen LogP) is 3.01. The summed E-state index contributed by atoms with van der Waals surface area (Å²) in [4.78, 5) is 7.19. The van der Waals surface area contributed by atoms with Crippen LogP contribution in [-0.4, -0.2) is 54.5 Å². The minimum absolute atomic E-state index is 0. The number of halogens is 1. The molecule has 1 aromatic heterocycles. The summed E-state index contributed by atoms with van der Waals surface area (Å²) < 4.78 is 12.8. The molecule has 2 aromatic rings. The molecule has 1 unspecified atom stereocenters. The SMILES string of the molecule is CCNC(=NCc1cccc(OC)c1OC)N1CCC(c2cnn(C)c2)C1.I. The van der Waals surface area contributed by atoms with Crippen molar-refractivity contribution >= 4 is 29.9 Å². The van der Waals surface area contributed by atoms with Gasteiger partial charge in [-0.2, -0.15) is 5.10 Å². The molecular formula is C20H30IN5O2. The first-order chi connectivity index (χ1) is 13.2. The van der Waals surface area contributed by atoms with E-state index in [4.69, 9.17) is 14.5 Å². The van der Waals surface area contributed by atoms with Crippen molar-refractivity contribution in [1.29, 1.82) is 0 Å². The van der Waals surface area contributed by atoms with Crippen molar-refractivity contribution in [2.45, 2.75) is 25.8 Å². The van der Waals surface area contributed by atoms with Gasteiger partial charge in [0, 0.05) is 44.4 Å². The summed E-state index contributed by atoms with van der Waals surface area (Å²) >= 11 is 0. The minimum Gasteiger partial charge on any atom is -0.493 e. The van der Waals surface area contributed by atoms with Crippen molar-refractivity contribution in [1.82, 2.24) is 20.0 Å². The van der Waals surface area contributed by atoms with Crippen LogP contribution in [0.25, 0.3) is 0 Å². The summed E-state index contributed by atoms with van der Waals surface area (Å²) in [5.41, 5.74) is 2.31. The van der Waals surface area contributed by atoms with E-state index in [-0.39, 0.29) is 24.0 Å². The molecule has 28 heavy (non-hydrogen) atoms. The lowest BCUT2D eigenvalue weighted by Crippen LogP contribution is -2.40. The van der Waals surface area contributed by atoms with Gasteiger partial charge >= 0.3 is 0 Å². The quantitative estimate of drug-likeness (QED) is 0.376. The van der Waals surface area contributed by atoms with Gasteiger partial charge in [0.15, 0.2) is 17.5 Å². The number of aryl methyl sites for hydroxylation is 1. The van der Waals surface area contributed by atoms with Gasteiger partial charge in [-0.05, 0) is 25.0 Å². The molecule has 8 heteroatoms. The molecule has 2 heterocycles. The van der Waals surface area contributed by atoms with Crippen molar-refractivity contribution in [2.24, 2.45) is 12.0 Å². The number of hydrogen-bond acceptors (Lipinski definition) is 4. The van der Waals surface area contributed by atoms with Crippen molar-refractivity contribution in [3.63, 3.8) is 0 Å². The Morgan fingerprint density at radius 1 is 1.32 bits per heavy atom.